The average Bonchev–Trinajstić information content (AvgIpc) is 2.41. The molecule has 0 aromatic heterocycles. The van der Waals surface area contributed by atoms with Crippen LogP contribution in [-0.2, 0) is 11.0 Å². The second kappa shape index (κ2) is 2.88. The summed E-state index contributed by atoms with van der Waals surface area (Å²) in [6, 6.07) is 2.27. The van der Waals surface area contributed by atoms with E-state index < -0.39 is 23.5 Å². The number of fused-ring (bicyclic) bond motifs is 1. The maximum absolute atomic E-state index is 12.9. The first-order valence-corrected chi connectivity index (χ1v) is 3.90. The lowest BCUT2D eigenvalue weighted by Crippen LogP contribution is -2.24. The van der Waals surface area contributed by atoms with E-state index in [-0.39, 0.29) is 10.6 Å². The molecule has 1 aromatic rings. The summed E-state index contributed by atoms with van der Waals surface area (Å²) in [6.07, 6.45) is -4.52. The maximum atomic E-state index is 12.9. The van der Waals surface area contributed by atoms with Crippen molar-refractivity contribution < 1.29 is 22.4 Å². The van der Waals surface area contributed by atoms with Crippen molar-refractivity contribution in [2.24, 2.45) is 4.99 Å². The van der Waals surface area contributed by atoms with Gasteiger partial charge in [0, 0.05) is 5.22 Å². The van der Waals surface area contributed by atoms with Crippen molar-refractivity contribution in [1.29, 1.82) is 0 Å². The molecule has 0 saturated heterocycles. The van der Waals surface area contributed by atoms with E-state index in [0.29, 0.717) is 12.1 Å². The normalized spacial score (nSPS) is 15.2. The lowest BCUT2D eigenvalue weighted by molar-refractivity contribution is -0.137. The van der Waals surface area contributed by atoms with Crippen molar-refractivity contribution in [2.45, 2.75) is 6.18 Å². The molecular weight excluding hydrogens is 214 g/mol. The molecule has 0 aliphatic carbocycles. The number of hydrogen-bond acceptors (Lipinski definition) is 1. The largest absolute Gasteiger partial charge is 0.416 e. The quantitative estimate of drug-likeness (QED) is 0.595. The van der Waals surface area contributed by atoms with Gasteiger partial charge in [0.25, 0.3) is 0 Å². The number of carbonyl (C=O) groups is 1. The number of rotatable bonds is 0. The fourth-order valence-corrected chi connectivity index (χ4v) is 1.26. The Balaban J connectivity index is 2.72. The standard InChI is InChI=1S/C9H3F4NO/c10-7-5-2-1-4(9(11,12)13)3-6(5)14-8(7)15/h1-3H. The molecule has 0 fully saturated rings. The first kappa shape index (κ1) is 9.82. The van der Waals surface area contributed by atoms with Gasteiger partial charge in [-0.25, -0.2) is 9.38 Å². The Morgan fingerprint density at radius 3 is 2.47 bits per heavy atom. The van der Waals surface area contributed by atoms with Crippen LogP contribution < -0.4 is 10.6 Å². The Morgan fingerprint density at radius 1 is 1.20 bits per heavy atom. The van der Waals surface area contributed by atoms with Crippen LogP contribution in [0.4, 0.5) is 17.6 Å². The van der Waals surface area contributed by atoms with Gasteiger partial charge in [0.05, 0.1) is 10.9 Å². The average molecular weight is 217 g/mol. The van der Waals surface area contributed by atoms with Crippen molar-refractivity contribution in [3.8, 4) is 0 Å². The summed E-state index contributed by atoms with van der Waals surface area (Å²) in [5.74, 6) is -2.25. The van der Waals surface area contributed by atoms with Crippen LogP contribution in [0.5, 0.6) is 0 Å². The minimum atomic E-state index is -4.52. The Hall–Kier alpha value is -1.72. The number of halogens is 4. The van der Waals surface area contributed by atoms with Gasteiger partial charge in [-0.15, -0.1) is 0 Å². The predicted octanol–water partition coefficient (Wildman–Crippen LogP) is 0.943. The van der Waals surface area contributed by atoms with Gasteiger partial charge in [0.1, 0.15) is 0 Å². The molecule has 2 nitrogen and oxygen atoms in total. The third-order valence-electron chi connectivity index (χ3n) is 1.97. The van der Waals surface area contributed by atoms with Crippen molar-refractivity contribution in [2.75, 3.05) is 0 Å². The van der Waals surface area contributed by atoms with E-state index in [2.05, 4.69) is 4.99 Å². The Kier molecular flexibility index (Phi) is 1.89. The van der Waals surface area contributed by atoms with E-state index >= 15 is 0 Å². The molecule has 1 aromatic carbocycles. The molecule has 0 saturated carbocycles. The smallest absolute Gasteiger partial charge is 0.264 e. The molecule has 0 radical (unpaired) electrons. The summed E-state index contributed by atoms with van der Waals surface area (Å²) in [5, 5.41) is -0.458. The third kappa shape index (κ3) is 1.51. The van der Waals surface area contributed by atoms with Crippen molar-refractivity contribution in [3.63, 3.8) is 0 Å². The molecule has 15 heavy (non-hydrogen) atoms. The highest BCUT2D eigenvalue weighted by atomic mass is 19.4. The zero-order chi connectivity index (χ0) is 11.2. The van der Waals surface area contributed by atoms with Crippen molar-refractivity contribution in [3.05, 3.63) is 34.3 Å². The Bertz CT molecular complexity index is 558. The van der Waals surface area contributed by atoms with Crippen LogP contribution in [-0.4, -0.2) is 5.91 Å². The van der Waals surface area contributed by atoms with Gasteiger partial charge in [-0.2, -0.15) is 13.2 Å². The SMILES string of the molecule is O=C1N=c2cc(C(F)(F)F)ccc2=C1F. The van der Waals surface area contributed by atoms with E-state index in [1.54, 1.807) is 0 Å². The number of hydrogen-bond donors (Lipinski definition) is 0. The molecular formula is C9H3F4NO. The molecule has 1 aliphatic rings. The minimum absolute atomic E-state index is 0.187. The number of nitrogens with zero attached hydrogens (tertiary/aromatic N) is 1. The molecule has 0 N–H and O–H groups in total. The Morgan fingerprint density at radius 2 is 1.87 bits per heavy atom. The summed E-state index contributed by atoms with van der Waals surface area (Å²) in [6.45, 7) is 0. The summed E-state index contributed by atoms with van der Waals surface area (Å²) in [4.78, 5) is 13.9. The molecule has 1 amide bonds. The predicted molar refractivity (Wildman–Crippen MR) is 41.7 cm³/mol. The highest BCUT2D eigenvalue weighted by Crippen LogP contribution is 2.27. The zero-order valence-corrected chi connectivity index (χ0v) is 7.10. The molecule has 1 aliphatic heterocycles. The highest BCUT2D eigenvalue weighted by molar-refractivity contribution is 6.12. The van der Waals surface area contributed by atoms with Gasteiger partial charge in [-0.05, 0) is 18.2 Å². The molecule has 0 spiro atoms. The van der Waals surface area contributed by atoms with Crippen LogP contribution in [0.3, 0.4) is 0 Å². The van der Waals surface area contributed by atoms with Gasteiger partial charge < -0.3 is 0 Å². The van der Waals surface area contributed by atoms with Crippen LogP contribution in [0.15, 0.2) is 23.2 Å². The minimum Gasteiger partial charge on any atom is -0.264 e. The second-order valence-corrected chi connectivity index (χ2v) is 2.96. The molecule has 0 bridgehead atoms. The molecule has 0 unspecified atom stereocenters. The van der Waals surface area contributed by atoms with Crippen molar-refractivity contribution >= 4 is 11.7 Å². The van der Waals surface area contributed by atoms with E-state index in [0.717, 1.165) is 6.07 Å². The van der Waals surface area contributed by atoms with E-state index in [1.165, 1.54) is 0 Å². The summed E-state index contributed by atoms with van der Waals surface area (Å²) >= 11 is 0. The fourth-order valence-electron chi connectivity index (χ4n) is 1.26. The molecule has 0 atom stereocenters. The van der Waals surface area contributed by atoms with Gasteiger partial charge >= 0.3 is 12.1 Å². The molecule has 78 valence electrons. The lowest BCUT2D eigenvalue weighted by Gasteiger charge is -2.04. The van der Waals surface area contributed by atoms with E-state index in [1.807, 2.05) is 0 Å². The number of amides is 1. The van der Waals surface area contributed by atoms with Crippen LogP contribution >= 0.6 is 0 Å². The summed E-state index contributed by atoms with van der Waals surface area (Å²) in [7, 11) is 0. The molecule has 6 heteroatoms. The third-order valence-corrected chi connectivity index (χ3v) is 1.97. The van der Waals surface area contributed by atoms with E-state index in [4.69, 9.17) is 0 Å². The van der Waals surface area contributed by atoms with Crippen molar-refractivity contribution in [1.82, 2.24) is 0 Å². The fraction of sp³-hybridized carbons (Fsp3) is 0.111. The first-order chi connectivity index (χ1) is 6.89. The topological polar surface area (TPSA) is 29.4 Å². The molecule has 1 heterocycles. The summed E-state index contributed by atoms with van der Waals surface area (Å²) in [5.41, 5.74) is -0.951. The van der Waals surface area contributed by atoms with Gasteiger partial charge in [-0.3, -0.25) is 4.79 Å². The van der Waals surface area contributed by atoms with Gasteiger partial charge in [0.15, 0.2) is 5.83 Å². The van der Waals surface area contributed by atoms with Crippen LogP contribution in [0.25, 0.3) is 5.83 Å². The maximum Gasteiger partial charge on any atom is 0.416 e. The van der Waals surface area contributed by atoms with Gasteiger partial charge in [-0.1, -0.05) is 0 Å². The lowest BCUT2D eigenvalue weighted by atomic mass is 10.2. The van der Waals surface area contributed by atoms with Gasteiger partial charge in [0.2, 0.25) is 0 Å². The monoisotopic (exact) mass is 217 g/mol. The summed E-state index contributed by atoms with van der Waals surface area (Å²) < 4.78 is 49.6. The second-order valence-electron chi connectivity index (χ2n) is 2.96. The number of benzene rings is 1. The van der Waals surface area contributed by atoms with Crippen LogP contribution in [0.1, 0.15) is 5.56 Å². The zero-order valence-electron chi connectivity index (χ0n) is 7.10. The van der Waals surface area contributed by atoms with Crippen LogP contribution in [0, 0.1) is 0 Å². The first-order valence-electron chi connectivity index (χ1n) is 3.90. The Labute approximate surface area is 80.5 Å². The van der Waals surface area contributed by atoms with E-state index in [9.17, 15) is 22.4 Å². The van der Waals surface area contributed by atoms with Crippen LogP contribution in [0.2, 0.25) is 0 Å². The number of carbonyl (C=O) groups excluding carboxylic acids is 1. The highest BCUT2D eigenvalue weighted by Gasteiger charge is 2.31. The molecule has 2 rings (SSSR count). The number of alkyl halides is 3.